The summed E-state index contributed by atoms with van der Waals surface area (Å²) in [5.74, 6) is -0.140. The monoisotopic (exact) mass is 1040 g/mol. The Kier molecular flexibility index (Phi) is 54.4. The van der Waals surface area contributed by atoms with Crippen molar-refractivity contribution in [3.05, 3.63) is 12.2 Å². The first-order valence-electron chi connectivity index (χ1n) is 32.1. The third-order valence-electron chi connectivity index (χ3n) is 15.0. The van der Waals surface area contributed by atoms with Crippen LogP contribution in [0.1, 0.15) is 335 Å². The van der Waals surface area contributed by atoms with E-state index in [-0.39, 0.29) is 19.1 Å². The Bertz CT molecular complexity index is 1180. The molecule has 0 heterocycles. The summed E-state index contributed by atoms with van der Waals surface area (Å²) in [4.78, 5) is 23.2. The number of hydrogen-bond acceptors (Lipinski definition) is 5. The van der Waals surface area contributed by atoms with Gasteiger partial charge in [0.05, 0.1) is 39.9 Å². The van der Waals surface area contributed by atoms with E-state index in [2.05, 4.69) is 31.3 Å². The van der Waals surface area contributed by atoms with Crippen LogP contribution in [-0.2, 0) is 18.4 Å². The smallest absolute Gasteiger partial charge is 0.391 e. The van der Waals surface area contributed by atoms with Crippen molar-refractivity contribution in [2.24, 2.45) is 0 Å². The number of rotatable bonds is 60. The summed E-state index contributed by atoms with van der Waals surface area (Å²) in [7, 11) is 1.63. The molecule has 0 bridgehead atoms. The van der Waals surface area contributed by atoms with Crippen LogP contribution in [0.3, 0.4) is 0 Å². The number of phosphoric acid groups is 1. The third kappa shape index (κ3) is 57.0. The minimum absolute atomic E-state index is 0.0779. The topological polar surface area (TPSA) is 105 Å². The molecule has 0 radical (unpaired) electrons. The molecule has 0 fully saturated rings. The van der Waals surface area contributed by atoms with Gasteiger partial charge in [0.1, 0.15) is 13.2 Å². The molecule has 0 saturated carbocycles. The highest BCUT2D eigenvalue weighted by Gasteiger charge is 2.28. The highest BCUT2D eigenvalue weighted by atomic mass is 31.2. The summed E-state index contributed by atoms with van der Waals surface area (Å²) in [5.41, 5.74) is 0. The summed E-state index contributed by atoms with van der Waals surface area (Å²) in [6, 6.07) is -0.754. The van der Waals surface area contributed by atoms with E-state index in [4.69, 9.17) is 9.05 Å². The molecule has 72 heavy (non-hydrogen) atoms. The molecule has 0 aromatic carbocycles. The number of aliphatic hydroxyl groups is 1. The number of carbonyl (C=O) groups is 1. The standard InChI is InChI=1S/C63H127N2O6P/c1-6-8-10-12-14-16-17-18-19-20-21-22-23-24-25-26-27-28-29-30-31-32-33-34-35-36-37-38-39-40-41-42-43-44-45-46-47-49-51-53-55-57-63(67)64-61(60-71-72(68,69)70-59-58-65(3,4)5)62(66)56-54-52-50-48-15-13-11-9-7-2/h20-21,61-62,66H,6-19,22-60H2,1-5H3,(H-,64,67,68,69)/p+1/b21-20-. The van der Waals surface area contributed by atoms with Crippen molar-refractivity contribution >= 4 is 13.7 Å². The van der Waals surface area contributed by atoms with Crippen molar-refractivity contribution in [1.82, 2.24) is 5.32 Å². The van der Waals surface area contributed by atoms with Crippen LogP contribution in [0.2, 0.25) is 0 Å². The lowest BCUT2D eigenvalue weighted by Gasteiger charge is -2.26. The number of amides is 1. The van der Waals surface area contributed by atoms with E-state index >= 15 is 0 Å². The minimum Gasteiger partial charge on any atom is -0.391 e. The van der Waals surface area contributed by atoms with Crippen LogP contribution >= 0.6 is 7.82 Å². The van der Waals surface area contributed by atoms with E-state index in [9.17, 15) is 19.4 Å². The molecule has 0 aromatic heterocycles. The molecular weight excluding hydrogens is 912 g/mol. The first kappa shape index (κ1) is 71.2. The quantitative estimate of drug-likeness (QED) is 0.0243. The van der Waals surface area contributed by atoms with E-state index in [1.807, 2.05) is 21.1 Å². The molecule has 0 spiro atoms. The van der Waals surface area contributed by atoms with Gasteiger partial charge in [-0.25, -0.2) is 4.57 Å². The second-order valence-corrected chi connectivity index (χ2v) is 25.0. The van der Waals surface area contributed by atoms with Gasteiger partial charge in [0.2, 0.25) is 5.91 Å². The molecule has 1 amide bonds. The Morgan fingerprint density at radius 1 is 0.458 bits per heavy atom. The van der Waals surface area contributed by atoms with E-state index in [0.717, 1.165) is 38.5 Å². The predicted molar refractivity (Wildman–Crippen MR) is 314 cm³/mol. The zero-order valence-electron chi connectivity index (χ0n) is 49.2. The highest BCUT2D eigenvalue weighted by molar-refractivity contribution is 7.47. The van der Waals surface area contributed by atoms with E-state index in [1.165, 1.54) is 270 Å². The van der Waals surface area contributed by atoms with Crippen LogP contribution < -0.4 is 5.32 Å². The van der Waals surface area contributed by atoms with E-state index in [0.29, 0.717) is 23.9 Å². The third-order valence-corrected chi connectivity index (χ3v) is 16.0. The Morgan fingerprint density at radius 3 is 1.07 bits per heavy atom. The van der Waals surface area contributed by atoms with Gasteiger partial charge in [0.25, 0.3) is 0 Å². The molecule has 3 atom stereocenters. The van der Waals surface area contributed by atoms with Crippen molar-refractivity contribution in [2.75, 3.05) is 40.9 Å². The van der Waals surface area contributed by atoms with Crippen molar-refractivity contribution in [1.29, 1.82) is 0 Å². The largest absolute Gasteiger partial charge is 0.472 e. The summed E-state index contributed by atoms with van der Waals surface area (Å²) in [5, 5.41) is 14.0. The van der Waals surface area contributed by atoms with Gasteiger partial charge in [0.15, 0.2) is 0 Å². The minimum atomic E-state index is -4.31. The van der Waals surface area contributed by atoms with Crippen LogP contribution in [-0.4, -0.2) is 73.4 Å². The molecule has 3 unspecified atom stereocenters. The molecular formula is C63H128N2O6P+. The molecule has 430 valence electrons. The lowest BCUT2D eigenvalue weighted by atomic mass is 10.0. The fourth-order valence-corrected chi connectivity index (χ4v) is 10.7. The lowest BCUT2D eigenvalue weighted by molar-refractivity contribution is -0.870. The van der Waals surface area contributed by atoms with Crippen molar-refractivity contribution in [3.8, 4) is 0 Å². The van der Waals surface area contributed by atoms with Crippen LogP contribution in [0.15, 0.2) is 12.2 Å². The van der Waals surface area contributed by atoms with Gasteiger partial charge in [-0.1, -0.05) is 302 Å². The van der Waals surface area contributed by atoms with Crippen LogP contribution in [0.25, 0.3) is 0 Å². The summed E-state index contributed by atoms with van der Waals surface area (Å²) in [6.45, 7) is 4.90. The van der Waals surface area contributed by atoms with Crippen molar-refractivity contribution < 1.29 is 32.9 Å². The van der Waals surface area contributed by atoms with Gasteiger partial charge in [0, 0.05) is 6.42 Å². The number of allylic oxidation sites excluding steroid dienone is 2. The van der Waals surface area contributed by atoms with Crippen LogP contribution in [0, 0.1) is 0 Å². The SMILES string of the molecule is CCCCCCCCCC/C=C\CCCCCCCCCCCCCCCCCCCCCCCCCCCCCCCC(=O)NC(COP(=O)(O)OCC[N+](C)(C)C)C(O)CCCCCCCCCCC. The molecule has 0 aliphatic rings. The van der Waals surface area contributed by atoms with E-state index < -0.39 is 20.0 Å². The Hall–Kier alpha value is -0.760. The van der Waals surface area contributed by atoms with Crippen LogP contribution in [0.5, 0.6) is 0 Å². The molecule has 0 aliphatic carbocycles. The molecule has 3 N–H and O–H groups in total. The Morgan fingerprint density at radius 2 is 0.750 bits per heavy atom. The number of nitrogens with one attached hydrogen (secondary N) is 1. The maximum absolute atomic E-state index is 12.9. The average Bonchev–Trinajstić information content (AvgIpc) is 3.34. The van der Waals surface area contributed by atoms with Gasteiger partial charge >= 0.3 is 7.82 Å². The zero-order chi connectivity index (χ0) is 52.7. The number of likely N-dealkylation sites (N-methyl/N-ethyl adjacent to an activating group) is 1. The van der Waals surface area contributed by atoms with E-state index in [1.54, 1.807) is 0 Å². The maximum atomic E-state index is 12.9. The second kappa shape index (κ2) is 55.0. The van der Waals surface area contributed by atoms with Crippen LogP contribution in [0.4, 0.5) is 0 Å². The number of aliphatic hydroxyl groups excluding tert-OH is 1. The van der Waals surface area contributed by atoms with Gasteiger partial charge in [-0.15, -0.1) is 0 Å². The molecule has 8 nitrogen and oxygen atoms in total. The van der Waals surface area contributed by atoms with Gasteiger partial charge < -0.3 is 19.8 Å². The summed E-state index contributed by atoms with van der Waals surface area (Å²) < 4.78 is 23.7. The van der Waals surface area contributed by atoms with Crippen molar-refractivity contribution in [2.45, 2.75) is 347 Å². The Balaban J connectivity index is 3.70. The fraction of sp³-hybridized carbons (Fsp3) is 0.952. The normalized spacial score (nSPS) is 13.8. The Labute approximate surface area is 450 Å². The average molecular weight is 1040 g/mol. The highest BCUT2D eigenvalue weighted by Crippen LogP contribution is 2.43. The van der Waals surface area contributed by atoms with Gasteiger partial charge in [-0.2, -0.15) is 0 Å². The molecule has 0 saturated heterocycles. The second-order valence-electron chi connectivity index (χ2n) is 23.5. The molecule has 0 rings (SSSR count). The van der Waals surface area contributed by atoms with Crippen molar-refractivity contribution in [3.63, 3.8) is 0 Å². The fourth-order valence-electron chi connectivity index (χ4n) is 9.99. The predicted octanol–water partition coefficient (Wildman–Crippen LogP) is 19.8. The number of carbonyl (C=O) groups excluding carboxylic acids is 1. The first-order valence-corrected chi connectivity index (χ1v) is 33.5. The summed E-state index contributed by atoms with van der Waals surface area (Å²) >= 11 is 0. The number of unbranched alkanes of at least 4 members (excludes halogenated alkanes) is 45. The number of phosphoric ester groups is 1. The zero-order valence-corrected chi connectivity index (χ0v) is 50.1. The number of nitrogens with zero attached hydrogens (tertiary/aromatic N) is 1. The number of hydrogen-bond donors (Lipinski definition) is 3. The molecule has 0 aromatic rings. The van der Waals surface area contributed by atoms with Gasteiger partial charge in [-0.3, -0.25) is 13.8 Å². The van der Waals surface area contributed by atoms with Gasteiger partial charge in [-0.05, 0) is 38.5 Å². The molecule has 9 heteroatoms. The first-order chi connectivity index (χ1) is 35.0. The lowest BCUT2D eigenvalue weighted by Crippen LogP contribution is -2.46. The maximum Gasteiger partial charge on any atom is 0.472 e. The number of quaternary nitrogens is 1. The summed E-state index contributed by atoms with van der Waals surface area (Å²) in [6.07, 6.45) is 69.1. The molecule has 0 aliphatic heterocycles.